The maximum absolute atomic E-state index is 13.6. The van der Waals surface area contributed by atoms with Crippen LogP contribution in [-0.2, 0) is 6.54 Å². The molecule has 0 amide bonds. The highest BCUT2D eigenvalue weighted by molar-refractivity contribution is 5.80. The van der Waals surface area contributed by atoms with Gasteiger partial charge < -0.3 is 10.6 Å². The topological polar surface area (TPSA) is 36.4 Å². The van der Waals surface area contributed by atoms with E-state index in [0.717, 1.165) is 17.9 Å². The molecule has 0 bridgehead atoms. The van der Waals surface area contributed by atoms with Crippen LogP contribution in [0.5, 0.6) is 0 Å². The third-order valence-electron chi connectivity index (χ3n) is 4.26. The van der Waals surface area contributed by atoms with Gasteiger partial charge in [0.1, 0.15) is 5.82 Å². The van der Waals surface area contributed by atoms with Crippen molar-refractivity contribution in [1.82, 2.24) is 10.6 Å². The van der Waals surface area contributed by atoms with Gasteiger partial charge in [0.05, 0.1) is 0 Å². The summed E-state index contributed by atoms with van der Waals surface area (Å²) in [5.74, 6) is 1.14. The van der Waals surface area contributed by atoms with Crippen molar-refractivity contribution in [3.63, 3.8) is 0 Å². The number of hydrogen-bond donors (Lipinski definition) is 2. The summed E-state index contributed by atoms with van der Waals surface area (Å²) in [6.07, 6.45) is 1.11. The average Bonchev–Trinajstić information content (AvgIpc) is 3.34. The molecule has 0 saturated heterocycles. The van der Waals surface area contributed by atoms with Crippen LogP contribution < -0.4 is 10.6 Å². The Kier molecular flexibility index (Phi) is 4.60. The zero-order valence-corrected chi connectivity index (χ0v) is 13.5. The second-order valence-electron chi connectivity index (χ2n) is 6.01. The SMILES string of the molecule is CN=C(NCc1ccc(C)c(F)c1)NC1CC1c1ccccc1. The van der Waals surface area contributed by atoms with Crippen molar-refractivity contribution in [1.29, 1.82) is 0 Å². The summed E-state index contributed by atoms with van der Waals surface area (Å²) in [7, 11) is 1.75. The summed E-state index contributed by atoms with van der Waals surface area (Å²) in [6, 6.07) is 16.2. The van der Waals surface area contributed by atoms with Gasteiger partial charge in [-0.15, -0.1) is 0 Å². The highest BCUT2D eigenvalue weighted by atomic mass is 19.1. The van der Waals surface area contributed by atoms with Crippen LogP contribution in [0.2, 0.25) is 0 Å². The van der Waals surface area contributed by atoms with Crippen LogP contribution >= 0.6 is 0 Å². The predicted molar refractivity (Wildman–Crippen MR) is 92.1 cm³/mol. The van der Waals surface area contributed by atoms with Gasteiger partial charge in [0, 0.05) is 25.6 Å². The number of halogens is 1. The maximum atomic E-state index is 13.6. The minimum Gasteiger partial charge on any atom is -0.353 e. The molecule has 1 saturated carbocycles. The van der Waals surface area contributed by atoms with E-state index in [1.165, 1.54) is 5.56 Å². The quantitative estimate of drug-likeness (QED) is 0.671. The van der Waals surface area contributed by atoms with Gasteiger partial charge in [-0.25, -0.2) is 4.39 Å². The number of guanidine groups is 1. The lowest BCUT2D eigenvalue weighted by atomic mass is 10.1. The molecule has 2 N–H and O–H groups in total. The van der Waals surface area contributed by atoms with Crippen molar-refractivity contribution in [2.45, 2.75) is 31.8 Å². The molecule has 1 aliphatic carbocycles. The van der Waals surface area contributed by atoms with Crippen LogP contribution in [-0.4, -0.2) is 19.0 Å². The van der Waals surface area contributed by atoms with Gasteiger partial charge in [-0.1, -0.05) is 42.5 Å². The number of hydrogen-bond acceptors (Lipinski definition) is 1. The first-order chi connectivity index (χ1) is 11.2. The summed E-state index contributed by atoms with van der Waals surface area (Å²) in [4.78, 5) is 4.25. The van der Waals surface area contributed by atoms with Gasteiger partial charge in [-0.2, -0.15) is 0 Å². The molecule has 0 radical (unpaired) electrons. The molecule has 23 heavy (non-hydrogen) atoms. The van der Waals surface area contributed by atoms with E-state index in [-0.39, 0.29) is 5.82 Å². The van der Waals surface area contributed by atoms with E-state index < -0.39 is 0 Å². The van der Waals surface area contributed by atoms with Crippen molar-refractivity contribution in [2.75, 3.05) is 7.05 Å². The minimum absolute atomic E-state index is 0.168. The molecule has 3 nitrogen and oxygen atoms in total. The van der Waals surface area contributed by atoms with E-state index in [1.807, 2.05) is 12.1 Å². The predicted octanol–water partition coefficient (Wildman–Crippen LogP) is 3.36. The van der Waals surface area contributed by atoms with Crippen molar-refractivity contribution in [3.8, 4) is 0 Å². The molecule has 2 aromatic rings. The van der Waals surface area contributed by atoms with Crippen molar-refractivity contribution in [2.24, 2.45) is 4.99 Å². The van der Waals surface area contributed by atoms with Crippen molar-refractivity contribution < 1.29 is 4.39 Å². The molecule has 2 atom stereocenters. The second-order valence-corrected chi connectivity index (χ2v) is 6.01. The lowest BCUT2D eigenvalue weighted by molar-refractivity contribution is 0.615. The zero-order chi connectivity index (χ0) is 16.2. The molecule has 0 spiro atoms. The van der Waals surface area contributed by atoms with Gasteiger partial charge in [-0.3, -0.25) is 4.99 Å². The molecule has 1 aliphatic rings. The monoisotopic (exact) mass is 311 g/mol. The molecule has 0 heterocycles. The Morgan fingerprint density at radius 1 is 1.22 bits per heavy atom. The third kappa shape index (κ3) is 3.89. The number of aliphatic imine (C=N–C) groups is 1. The fourth-order valence-corrected chi connectivity index (χ4v) is 2.73. The lowest BCUT2D eigenvalue weighted by Gasteiger charge is -2.12. The molecule has 0 aliphatic heterocycles. The van der Waals surface area contributed by atoms with Gasteiger partial charge in [0.2, 0.25) is 0 Å². The first kappa shape index (κ1) is 15.5. The number of aryl methyl sites for hydroxylation is 1. The normalized spacial score (nSPS) is 20.2. The third-order valence-corrected chi connectivity index (χ3v) is 4.26. The standard InChI is InChI=1S/C19H22FN3/c1-13-8-9-14(10-17(13)20)12-22-19(21-2)23-18-11-16(18)15-6-4-3-5-7-15/h3-10,16,18H,11-12H2,1-2H3,(H2,21,22,23). The molecular weight excluding hydrogens is 289 g/mol. The van der Waals surface area contributed by atoms with Gasteiger partial charge >= 0.3 is 0 Å². The smallest absolute Gasteiger partial charge is 0.191 e. The summed E-state index contributed by atoms with van der Waals surface area (Å²) in [5, 5.41) is 6.68. The maximum Gasteiger partial charge on any atom is 0.191 e. The molecule has 3 rings (SSSR count). The number of rotatable bonds is 4. The van der Waals surface area contributed by atoms with Crippen LogP contribution in [0.1, 0.15) is 29.0 Å². The zero-order valence-electron chi connectivity index (χ0n) is 13.5. The number of benzene rings is 2. The fourth-order valence-electron chi connectivity index (χ4n) is 2.73. The fraction of sp³-hybridized carbons (Fsp3) is 0.316. The number of nitrogens with one attached hydrogen (secondary N) is 2. The Balaban J connectivity index is 1.52. The second kappa shape index (κ2) is 6.82. The van der Waals surface area contributed by atoms with Crippen LogP contribution in [0, 0.1) is 12.7 Å². The van der Waals surface area contributed by atoms with Crippen molar-refractivity contribution >= 4 is 5.96 Å². The van der Waals surface area contributed by atoms with E-state index in [4.69, 9.17) is 0 Å². The molecule has 0 aromatic heterocycles. The Bertz CT molecular complexity index is 697. The van der Waals surface area contributed by atoms with E-state index in [2.05, 4.69) is 39.9 Å². The molecule has 4 heteroatoms. The van der Waals surface area contributed by atoms with E-state index >= 15 is 0 Å². The van der Waals surface area contributed by atoms with E-state index in [9.17, 15) is 4.39 Å². The summed E-state index contributed by atoms with van der Waals surface area (Å²) in [6.45, 7) is 2.32. The van der Waals surface area contributed by atoms with Crippen LogP contribution in [0.25, 0.3) is 0 Å². The average molecular weight is 311 g/mol. The molecular formula is C19H22FN3. The van der Waals surface area contributed by atoms with Crippen LogP contribution in [0.15, 0.2) is 53.5 Å². The summed E-state index contributed by atoms with van der Waals surface area (Å²) < 4.78 is 13.6. The van der Waals surface area contributed by atoms with Gasteiger partial charge in [-0.05, 0) is 36.1 Å². The van der Waals surface area contributed by atoms with Gasteiger partial charge in [0.15, 0.2) is 5.96 Å². The Morgan fingerprint density at radius 2 is 2.00 bits per heavy atom. The molecule has 1 fully saturated rings. The number of nitrogens with zero attached hydrogens (tertiary/aromatic N) is 1. The van der Waals surface area contributed by atoms with E-state index in [1.54, 1.807) is 26.1 Å². The van der Waals surface area contributed by atoms with Crippen LogP contribution in [0.3, 0.4) is 0 Å². The first-order valence-corrected chi connectivity index (χ1v) is 7.94. The highest BCUT2D eigenvalue weighted by Crippen LogP contribution is 2.40. The Labute approximate surface area is 136 Å². The first-order valence-electron chi connectivity index (χ1n) is 7.94. The molecule has 120 valence electrons. The highest BCUT2D eigenvalue weighted by Gasteiger charge is 2.38. The van der Waals surface area contributed by atoms with Crippen LogP contribution in [0.4, 0.5) is 4.39 Å². The lowest BCUT2D eigenvalue weighted by Crippen LogP contribution is -2.38. The molecule has 2 aromatic carbocycles. The van der Waals surface area contributed by atoms with E-state index in [0.29, 0.717) is 24.1 Å². The summed E-state index contributed by atoms with van der Waals surface area (Å²) in [5.41, 5.74) is 2.94. The van der Waals surface area contributed by atoms with Gasteiger partial charge in [0.25, 0.3) is 0 Å². The Hall–Kier alpha value is -2.36. The minimum atomic E-state index is -0.168. The molecule has 2 unspecified atom stereocenters. The largest absolute Gasteiger partial charge is 0.353 e. The Morgan fingerprint density at radius 3 is 2.70 bits per heavy atom. The summed E-state index contributed by atoms with van der Waals surface area (Å²) >= 11 is 0. The van der Waals surface area contributed by atoms with Crippen molar-refractivity contribution in [3.05, 3.63) is 71.0 Å².